The quantitative estimate of drug-likeness (QED) is 0.0670. The largest absolute Gasteiger partial charge is 0.328 e. The molecule has 0 fully saturated rings. The number of hydrogen-bond donors (Lipinski definition) is 0. The van der Waals surface area contributed by atoms with Crippen molar-refractivity contribution in [3.05, 3.63) is 0 Å². The van der Waals surface area contributed by atoms with Crippen molar-refractivity contribution in [3.8, 4) is 0 Å². The molecule has 178 valence electrons. The predicted molar refractivity (Wildman–Crippen MR) is 136 cm³/mol. The molecule has 0 aromatic carbocycles. The summed E-state index contributed by atoms with van der Waals surface area (Å²) in [6.45, 7) is 15.3. The zero-order chi connectivity index (χ0) is 22.6. The van der Waals surface area contributed by atoms with Gasteiger partial charge in [-0.15, -0.1) is 20.5 Å². The van der Waals surface area contributed by atoms with Gasteiger partial charge in [-0.25, -0.2) is 0 Å². The average Bonchev–Trinajstić information content (AvgIpc) is 2.70. The topological polar surface area (TPSA) is 55.4 Å². The standard InChI is InChI=1S/C18H38O6S4Si2/c1-7-19-17(20-8-2,21-9-3)13-15-29-27-25-26-28-30-16-14-18(22-10-4,23-11-5)24-12-6/h7-16H2,1-6H3. The van der Waals surface area contributed by atoms with Gasteiger partial charge in [-0.05, 0) is 73.3 Å². The van der Waals surface area contributed by atoms with Gasteiger partial charge in [0.25, 0.3) is 11.9 Å². The molecule has 0 saturated carbocycles. The lowest BCUT2D eigenvalue weighted by Gasteiger charge is -2.32. The highest BCUT2D eigenvalue weighted by Gasteiger charge is 2.32. The summed E-state index contributed by atoms with van der Waals surface area (Å²) >= 11 is 0. The SMILES string of the molecule is CCOC(CC[Si]SSSS[Si]CCC(OCC)(OCC)OCC)(OCC)OCC. The van der Waals surface area contributed by atoms with E-state index < -0.39 is 11.9 Å². The summed E-state index contributed by atoms with van der Waals surface area (Å²) in [7, 11) is 8.98. The van der Waals surface area contributed by atoms with Crippen LogP contribution in [0.5, 0.6) is 0 Å². The summed E-state index contributed by atoms with van der Waals surface area (Å²) < 4.78 is 34.6. The van der Waals surface area contributed by atoms with Crippen LogP contribution < -0.4 is 0 Å². The first-order valence-electron chi connectivity index (χ1n) is 10.5. The van der Waals surface area contributed by atoms with E-state index in [2.05, 4.69) is 0 Å². The maximum atomic E-state index is 5.77. The lowest BCUT2D eigenvalue weighted by Crippen LogP contribution is -2.39. The van der Waals surface area contributed by atoms with Crippen molar-refractivity contribution in [1.29, 1.82) is 0 Å². The highest BCUT2D eigenvalue weighted by Crippen LogP contribution is 2.43. The van der Waals surface area contributed by atoms with Crippen LogP contribution in [0.3, 0.4) is 0 Å². The third-order valence-electron chi connectivity index (χ3n) is 3.47. The number of rotatable bonds is 23. The second-order valence-corrected chi connectivity index (χ2v) is 16.7. The summed E-state index contributed by atoms with van der Waals surface area (Å²) in [4.78, 5) is 0. The van der Waals surface area contributed by atoms with Gasteiger partial charge in [0, 0.05) is 52.5 Å². The highest BCUT2D eigenvalue weighted by atomic mass is 33.7. The van der Waals surface area contributed by atoms with Gasteiger partial charge >= 0.3 is 0 Å². The Morgan fingerprint density at radius 3 is 1.00 bits per heavy atom. The molecule has 0 heterocycles. The van der Waals surface area contributed by atoms with Gasteiger partial charge in [-0.3, -0.25) is 0 Å². The molecule has 0 rings (SSSR count). The summed E-state index contributed by atoms with van der Waals surface area (Å²) in [5, 5.41) is 0. The van der Waals surface area contributed by atoms with Crippen molar-refractivity contribution in [3.63, 3.8) is 0 Å². The molecule has 6 nitrogen and oxygen atoms in total. The van der Waals surface area contributed by atoms with Crippen LogP contribution in [0.15, 0.2) is 0 Å². The van der Waals surface area contributed by atoms with Crippen LogP contribution in [0.2, 0.25) is 12.1 Å². The Bertz CT molecular complexity index is 321. The average molecular weight is 535 g/mol. The van der Waals surface area contributed by atoms with Crippen LogP contribution in [0.4, 0.5) is 0 Å². The summed E-state index contributed by atoms with van der Waals surface area (Å²) in [6.07, 6.45) is 1.50. The molecule has 0 spiro atoms. The molecule has 30 heavy (non-hydrogen) atoms. The second kappa shape index (κ2) is 21.1. The Kier molecular flexibility index (Phi) is 22.3. The molecule has 4 radical (unpaired) electrons. The van der Waals surface area contributed by atoms with Crippen molar-refractivity contribution >= 4 is 57.5 Å². The van der Waals surface area contributed by atoms with Gasteiger partial charge in [0.2, 0.25) is 0 Å². The molecule has 0 aromatic rings. The van der Waals surface area contributed by atoms with Gasteiger partial charge in [0.05, 0.1) is 0 Å². The molecule has 0 aliphatic heterocycles. The summed E-state index contributed by atoms with van der Waals surface area (Å²) in [5.41, 5.74) is 0. The lowest BCUT2D eigenvalue weighted by molar-refractivity contribution is -0.378. The van der Waals surface area contributed by atoms with Gasteiger partial charge in [-0.2, -0.15) is 0 Å². The van der Waals surface area contributed by atoms with E-state index in [1.807, 2.05) is 81.7 Å². The Morgan fingerprint density at radius 1 is 0.500 bits per heavy atom. The Balaban J connectivity index is 3.97. The lowest BCUT2D eigenvalue weighted by atomic mass is 10.4. The van der Waals surface area contributed by atoms with Crippen LogP contribution in [0.25, 0.3) is 0 Å². The van der Waals surface area contributed by atoms with E-state index in [4.69, 9.17) is 28.4 Å². The number of ether oxygens (including phenoxy) is 6. The van der Waals surface area contributed by atoms with Crippen molar-refractivity contribution in [2.45, 2.75) is 78.4 Å². The minimum atomic E-state index is -0.881. The third kappa shape index (κ3) is 14.7. The fraction of sp³-hybridized carbons (Fsp3) is 1.00. The van der Waals surface area contributed by atoms with Gasteiger partial charge in [0.15, 0.2) is 0 Å². The minimum Gasteiger partial charge on any atom is -0.328 e. The monoisotopic (exact) mass is 534 g/mol. The first kappa shape index (κ1) is 31.6. The van der Waals surface area contributed by atoms with E-state index in [9.17, 15) is 0 Å². The van der Waals surface area contributed by atoms with Crippen molar-refractivity contribution < 1.29 is 28.4 Å². The van der Waals surface area contributed by atoms with Crippen LogP contribution in [-0.2, 0) is 28.4 Å². The molecule has 0 unspecified atom stereocenters. The van der Waals surface area contributed by atoms with E-state index in [1.54, 1.807) is 0 Å². The first-order chi connectivity index (χ1) is 14.6. The fourth-order valence-electron chi connectivity index (χ4n) is 2.57. The molecule has 0 aliphatic rings. The van der Waals surface area contributed by atoms with Gasteiger partial charge < -0.3 is 28.4 Å². The van der Waals surface area contributed by atoms with Crippen LogP contribution >= 0.6 is 40.1 Å². The van der Waals surface area contributed by atoms with E-state index >= 15 is 0 Å². The Morgan fingerprint density at radius 2 is 0.767 bits per heavy atom. The van der Waals surface area contributed by atoms with Crippen LogP contribution in [-0.4, -0.2) is 68.9 Å². The maximum Gasteiger partial charge on any atom is 0.282 e. The molecule has 0 aliphatic carbocycles. The molecule has 0 saturated heterocycles. The highest BCUT2D eigenvalue weighted by molar-refractivity contribution is 9.30. The zero-order valence-corrected chi connectivity index (χ0v) is 24.4. The molecule has 0 N–H and O–H groups in total. The van der Waals surface area contributed by atoms with Crippen molar-refractivity contribution in [2.75, 3.05) is 39.6 Å². The smallest absolute Gasteiger partial charge is 0.282 e. The van der Waals surface area contributed by atoms with Gasteiger partial charge in [-0.1, -0.05) is 0 Å². The first-order valence-corrected chi connectivity index (χ1v) is 19.2. The normalized spacial score (nSPS) is 12.6. The Hall–Kier alpha value is 1.59. The zero-order valence-electron chi connectivity index (χ0n) is 19.2. The fourth-order valence-corrected chi connectivity index (χ4v) is 16.7. The summed E-state index contributed by atoms with van der Waals surface area (Å²) in [6, 6.07) is 2.01. The summed E-state index contributed by atoms with van der Waals surface area (Å²) in [5.74, 6) is -1.76. The van der Waals surface area contributed by atoms with Crippen LogP contribution in [0, 0.1) is 0 Å². The Labute approximate surface area is 203 Å². The second-order valence-electron chi connectivity index (χ2n) is 5.56. The van der Waals surface area contributed by atoms with Crippen LogP contribution in [0.1, 0.15) is 54.4 Å². The molecule has 0 atom stereocenters. The van der Waals surface area contributed by atoms with Crippen molar-refractivity contribution in [1.82, 2.24) is 0 Å². The van der Waals surface area contributed by atoms with Crippen molar-refractivity contribution in [2.24, 2.45) is 0 Å². The van der Waals surface area contributed by atoms with E-state index in [0.29, 0.717) is 39.6 Å². The maximum absolute atomic E-state index is 5.77. The molecule has 0 amide bonds. The van der Waals surface area contributed by atoms with Gasteiger partial charge in [0.1, 0.15) is 17.3 Å². The molecular formula is C18H38O6S4Si2. The molecule has 0 bridgehead atoms. The molecular weight excluding hydrogens is 497 g/mol. The molecule has 12 heteroatoms. The van der Waals surface area contributed by atoms with E-state index in [0.717, 1.165) is 42.3 Å². The van der Waals surface area contributed by atoms with E-state index in [-0.39, 0.29) is 0 Å². The number of hydrogen-bond acceptors (Lipinski definition) is 10. The minimum absolute atomic E-state index is 0.579. The predicted octanol–water partition coefficient (Wildman–Crippen LogP) is 6.05. The molecule has 0 aromatic heterocycles. The third-order valence-corrected chi connectivity index (χ3v) is 16.3. The van der Waals surface area contributed by atoms with E-state index in [1.165, 1.54) is 0 Å².